The molecule has 17 heavy (non-hydrogen) atoms. The van der Waals surface area contributed by atoms with Gasteiger partial charge in [0, 0.05) is 0 Å². The molecule has 0 aliphatic heterocycles. The van der Waals surface area contributed by atoms with Gasteiger partial charge in [-0.05, 0) is 36.8 Å². The summed E-state index contributed by atoms with van der Waals surface area (Å²) in [5.74, 6) is 0.476. The highest BCUT2D eigenvalue weighted by atomic mass is 16.3. The molecule has 1 N–H and O–H groups in total. The monoisotopic (exact) mass is 230 g/mol. The minimum atomic E-state index is -0.254. The molecule has 0 amide bonds. The van der Waals surface area contributed by atoms with E-state index in [1.807, 2.05) is 25.1 Å². The van der Waals surface area contributed by atoms with E-state index in [0.717, 1.165) is 5.57 Å². The normalized spacial score (nSPS) is 20.2. The van der Waals surface area contributed by atoms with Crippen LogP contribution in [0.4, 0.5) is 0 Å². The zero-order valence-corrected chi connectivity index (χ0v) is 10.6. The smallest absolute Gasteiger partial charge is 0.0778 e. The van der Waals surface area contributed by atoms with Crippen molar-refractivity contribution in [1.29, 1.82) is 0 Å². The first-order valence-electron chi connectivity index (χ1n) is 6.68. The summed E-state index contributed by atoms with van der Waals surface area (Å²) >= 11 is 0. The Morgan fingerprint density at radius 3 is 2.47 bits per heavy atom. The van der Waals surface area contributed by atoms with Gasteiger partial charge in [0.2, 0.25) is 0 Å². The summed E-state index contributed by atoms with van der Waals surface area (Å²) in [7, 11) is 0. The van der Waals surface area contributed by atoms with Crippen molar-refractivity contribution in [2.24, 2.45) is 5.92 Å². The summed E-state index contributed by atoms with van der Waals surface area (Å²) < 4.78 is 0. The molecule has 1 aliphatic rings. The molecule has 1 nitrogen and oxygen atoms in total. The summed E-state index contributed by atoms with van der Waals surface area (Å²) in [5, 5.41) is 10.3. The van der Waals surface area contributed by atoms with Crippen LogP contribution in [0.1, 0.15) is 44.6 Å². The molecule has 1 unspecified atom stereocenters. The van der Waals surface area contributed by atoms with Crippen molar-refractivity contribution in [2.75, 3.05) is 0 Å². The molecule has 0 aromatic heterocycles. The lowest BCUT2D eigenvalue weighted by molar-refractivity contribution is 0.116. The lowest BCUT2D eigenvalue weighted by Crippen LogP contribution is -2.23. The largest absolute Gasteiger partial charge is 0.388 e. The van der Waals surface area contributed by atoms with Crippen LogP contribution in [-0.4, -0.2) is 11.2 Å². The second kappa shape index (κ2) is 6.02. The first-order valence-corrected chi connectivity index (χ1v) is 6.68. The zero-order chi connectivity index (χ0) is 12.1. The Bertz CT molecular complexity index is 360. The Labute approximate surface area is 104 Å². The minimum Gasteiger partial charge on any atom is -0.388 e. The maximum absolute atomic E-state index is 10.3. The van der Waals surface area contributed by atoms with Crippen LogP contribution in [0, 0.1) is 5.92 Å². The van der Waals surface area contributed by atoms with E-state index < -0.39 is 0 Å². The molecule has 0 heterocycles. The molecule has 0 radical (unpaired) electrons. The van der Waals surface area contributed by atoms with Crippen molar-refractivity contribution in [2.45, 2.75) is 45.1 Å². The van der Waals surface area contributed by atoms with Crippen LogP contribution in [0.15, 0.2) is 35.9 Å². The van der Waals surface area contributed by atoms with Gasteiger partial charge in [-0.2, -0.15) is 0 Å². The van der Waals surface area contributed by atoms with Crippen molar-refractivity contribution in [1.82, 2.24) is 0 Å². The number of aliphatic hydroxyl groups is 1. The van der Waals surface area contributed by atoms with Crippen LogP contribution in [-0.2, 0) is 0 Å². The second-order valence-electron chi connectivity index (χ2n) is 5.14. The van der Waals surface area contributed by atoms with Crippen LogP contribution in [0.3, 0.4) is 0 Å². The standard InChI is InChI=1S/C16H22O/c1-13(12-14-8-4-2-5-9-14)16(17)15-10-6-3-7-11-15/h2,4-5,8-9,12,15-17H,3,6-7,10-11H2,1H3/b13-12+. The van der Waals surface area contributed by atoms with Crippen LogP contribution in [0.5, 0.6) is 0 Å². The number of rotatable bonds is 3. The van der Waals surface area contributed by atoms with Crippen LogP contribution >= 0.6 is 0 Å². The van der Waals surface area contributed by atoms with E-state index in [1.165, 1.54) is 37.7 Å². The van der Waals surface area contributed by atoms with Gasteiger partial charge in [0.25, 0.3) is 0 Å². The van der Waals surface area contributed by atoms with Crippen molar-refractivity contribution in [3.63, 3.8) is 0 Å². The molecule has 2 rings (SSSR count). The van der Waals surface area contributed by atoms with E-state index in [9.17, 15) is 5.11 Å². The summed E-state index contributed by atoms with van der Waals surface area (Å²) in [6.07, 6.45) is 8.11. The van der Waals surface area contributed by atoms with E-state index in [0.29, 0.717) is 5.92 Å². The lowest BCUT2D eigenvalue weighted by atomic mass is 9.82. The molecule has 0 saturated heterocycles. The van der Waals surface area contributed by atoms with Crippen molar-refractivity contribution < 1.29 is 5.11 Å². The minimum absolute atomic E-state index is 0.254. The van der Waals surface area contributed by atoms with Crippen molar-refractivity contribution >= 4 is 6.08 Å². The first kappa shape index (κ1) is 12.4. The molecule has 1 aromatic carbocycles. The molecule has 1 heteroatoms. The third-order valence-corrected chi connectivity index (χ3v) is 3.76. The highest BCUT2D eigenvalue weighted by molar-refractivity contribution is 5.53. The van der Waals surface area contributed by atoms with E-state index >= 15 is 0 Å². The van der Waals surface area contributed by atoms with Crippen LogP contribution < -0.4 is 0 Å². The quantitative estimate of drug-likeness (QED) is 0.831. The van der Waals surface area contributed by atoms with E-state index in [1.54, 1.807) is 0 Å². The SMILES string of the molecule is C/C(=C\c1ccccc1)C(O)C1CCCCC1. The molecule has 92 valence electrons. The van der Waals surface area contributed by atoms with Gasteiger partial charge in [0.15, 0.2) is 0 Å². The van der Waals surface area contributed by atoms with Gasteiger partial charge < -0.3 is 5.11 Å². The molecular formula is C16H22O. The van der Waals surface area contributed by atoms with Crippen LogP contribution in [0.2, 0.25) is 0 Å². The van der Waals surface area contributed by atoms with Gasteiger partial charge in [-0.15, -0.1) is 0 Å². The van der Waals surface area contributed by atoms with Gasteiger partial charge >= 0.3 is 0 Å². The topological polar surface area (TPSA) is 20.2 Å². The zero-order valence-electron chi connectivity index (χ0n) is 10.6. The Hall–Kier alpha value is -1.08. The molecule has 1 fully saturated rings. The van der Waals surface area contributed by atoms with Gasteiger partial charge in [0.05, 0.1) is 6.10 Å². The number of hydrogen-bond acceptors (Lipinski definition) is 1. The maximum atomic E-state index is 10.3. The average Bonchev–Trinajstić information content (AvgIpc) is 2.40. The fraction of sp³-hybridized carbons (Fsp3) is 0.500. The van der Waals surface area contributed by atoms with Crippen molar-refractivity contribution in [3.8, 4) is 0 Å². The fourth-order valence-corrected chi connectivity index (χ4v) is 2.72. The van der Waals surface area contributed by atoms with Gasteiger partial charge in [-0.3, -0.25) is 0 Å². The first-order chi connectivity index (χ1) is 8.27. The molecule has 1 aromatic rings. The molecule has 0 spiro atoms. The Kier molecular flexibility index (Phi) is 4.38. The van der Waals surface area contributed by atoms with E-state index in [4.69, 9.17) is 0 Å². The lowest BCUT2D eigenvalue weighted by Gasteiger charge is -2.27. The van der Waals surface area contributed by atoms with E-state index in [2.05, 4.69) is 18.2 Å². The third kappa shape index (κ3) is 3.44. The molecule has 1 aliphatic carbocycles. The molecule has 0 bridgehead atoms. The summed E-state index contributed by atoms with van der Waals surface area (Å²) in [6, 6.07) is 10.2. The molecular weight excluding hydrogens is 208 g/mol. The van der Waals surface area contributed by atoms with Gasteiger partial charge in [-0.25, -0.2) is 0 Å². The predicted octanol–water partition coefficient (Wildman–Crippen LogP) is 4.03. The highest BCUT2D eigenvalue weighted by Gasteiger charge is 2.22. The average molecular weight is 230 g/mol. The Balaban J connectivity index is 2.03. The van der Waals surface area contributed by atoms with Gasteiger partial charge in [-0.1, -0.05) is 55.7 Å². The Morgan fingerprint density at radius 2 is 1.82 bits per heavy atom. The van der Waals surface area contributed by atoms with Crippen LogP contribution in [0.25, 0.3) is 6.08 Å². The van der Waals surface area contributed by atoms with Crippen molar-refractivity contribution in [3.05, 3.63) is 41.5 Å². The van der Waals surface area contributed by atoms with Gasteiger partial charge in [0.1, 0.15) is 0 Å². The summed E-state index contributed by atoms with van der Waals surface area (Å²) in [5.41, 5.74) is 2.28. The number of aliphatic hydroxyl groups excluding tert-OH is 1. The molecule has 1 saturated carbocycles. The van der Waals surface area contributed by atoms with E-state index in [-0.39, 0.29) is 6.10 Å². The maximum Gasteiger partial charge on any atom is 0.0778 e. The number of benzene rings is 1. The fourth-order valence-electron chi connectivity index (χ4n) is 2.72. The summed E-state index contributed by atoms with van der Waals surface area (Å²) in [6.45, 7) is 2.05. The predicted molar refractivity (Wildman–Crippen MR) is 72.7 cm³/mol. The summed E-state index contributed by atoms with van der Waals surface area (Å²) in [4.78, 5) is 0. The molecule has 1 atom stereocenters. The second-order valence-corrected chi connectivity index (χ2v) is 5.14. The third-order valence-electron chi connectivity index (χ3n) is 3.76. The highest BCUT2D eigenvalue weighted by Crippen LogP contribution is 2.29. The number of hydrogen-bond donors (Lipinski definition) is 1. The Morgan fingerprint density at radius 1 is 1.18 bits per heavy atom.